The molecule has 1 aliphatic carbocycles. The maximum atomic E-state index is 3.81. The number of benzene rings is 1. The first kappa shape index (κ1) is 16.8. The summed E-state index contributed by atoms with van der Waals surface area (Å²) in [6.45, 7) is 5.49. The van der Waals surface area contributed by atoms with E-state index in [1.165, 1.54) is 60.5 Å². The lowest BCUT2D eigenvalue weighted by molar-refractivity contribution is 0.539. The zero-order valence-corrected chi connectivity index (χ0v) is 15.0. The van der Waals surface area contributed by atoms with Crippen LogP contribution in [-0.4, -0.2) is 6.54 Å². The quantitative estimate of drug-likeness (QED) is 0.635. The third-order valence-electron chi connectivity index (χ3n) is 4.33. The second-order valence-corrected chi connectivity index (χ2v) is 6.89. The van der Waals surface area contributed by atoms with Gasteiger partial charge in [0.25, 0.3) is 0 Å². The SMILES string of the molecule is CCCNC(/C1=C/CCCCCC1)c1cccc(C)c1Br. The molecule has 1 unspecified atom stereocenters. The van der Waals surface area contributed by atoms with Gasteiger partial charge in [-0.05, 0) is 56.7 Å². The molecule has 1 aliphatic rings. The van der Waals surface area contributed by atoms with Crippen molar-refractivity contribution in [2.24, 2.45) is 0 Å². The van der Waals surface area contributed by atoms with E-state index in [1.807, 2.05) is 0 Å². The standard InChI is InChI=1S/C19H28BrN/c1-3-14-21-19(16-11-7-5-4-6-8-12-16)17-13-9-10-15(2)18(17)20/h9-11,13,19,21H,3-8,12,14H2,1-2H3/b16-11+. The Balaban J connectivity index is 2.30. The zero-order valence-electron chi connectivity index (χ0n) is 13.4. The molecule has 21 heavy (non-hydrogen) atoms. The molecule has 2 rings (SSSR count). The van der Waals surface area contributed by atoms with Crippen molar-refractivity contribution in [1.82, 2.24) is 5.32 Å². The van der Waals surface area contributed by atoms with E-state index in [-0.39, 0.29) is 0 Å². The minimum Gasteiger partial charge on any atom is -0.306 e. The van der Waals surface area contributed by atoms with Gasteiger partial charge in [-0.2, -0.15) is 0 Å². The van der Waals surface area contributed by atoms with E-state index in [1.54, 1.807) is 5.57 Å². The molecule has 1 aromatic rings. The maximum Gasteiger partial charge on any atom is 0.0547 e. The van der Waals surface area contributed by atoms with Gasteiger partial charge in [-0.1, -0.05) is 65.5 Å². The van der Waals surface area contributed by atoms with Gasteiger partial charge >= 0.3 is 0 Å². The van der Waals surface area contributed by atoms with E-state index >= 15 is 0 Å². The molecule has 0 saturated carbocycles. The molecule has 0 aliphatic heterocycles. The second kappa shape index (κ2) is 8.75. The van der Waals surface area contributed by atoms with Crippen LogP contribution in [0, 0.1) is 6.92 Å². The Morgan fingerprint density at radius 3 is 2.81 bits per heavy atom. The molecule has 0 spiro atoms. The fourth-order valence-electron chi connectivity index (χ4n) is 3.10. The maximum absolute atomic E-state index is 3.81. The van der Waals surface area contributed by atoms with Crippen molar-refractivity contribution in [1.29, 1.82) is 0 Å². The summed E-state index contributed by atoms with van der Waals surface area (Å²) in [4.78, 5) is 0. The summed E-state index contributed by atoms with van der Waals surface area (Å²) in [5, 5.41) is 3.77. The number of aryl methyl sites for hydroxylation is 1. The van der Waals surface area contributed by atoms with Gasteiger partial charge in [0.2, 0.25) is 0 Å². The summed E-state index contributed by atoms with van der Waals surface area (Å²) in [5.74, 6) is 0. The van der Waals surface area contributed by atoms with Gasteiger partial charge in [0.05, 0.1) is 6.04 Å². The van der Waals surface area contributed by atoms with E-state index < -0.39 is 0 Å². The van der Waals surface area contributed by atoms with Gasteiger partial charge in [-0.15, -0.1) is 0 Å². The number of hydrogen-bond acceptors (Lipinski definition) is 1. The van der Waals surface area contributed by atoms with Crippen LogP contribution < -0.4 is 5.32 Å². The van der Waals surface area contributed by atoms with Crippen LogP contribution in [-0.2, 0) is 0 Å². The van der Waals surface area contributed by atoms with Gasteiger partial charge in [0.15, 0.2) is 0 Å². The first-order chi connectivity index (χ1) is 10.2. The summed E-state index contributed by atoms with van der Waals surface area (Å²) in [6.07, 6.45) is 11.6. The number of allylic oxidation sites excluding steroid dienone is 1. The highest BCUT2D eigenvalue weighted by molar-refractivity contribution is 9.10. The second-order valence-electron chi connectivity index (χ2n) is 6.10. The van der Waals surface area contributed by atoms with E-state index in [0.717, 1.165) is 6.54 Å². The lowest BCUT2D eigenvalue weighted by atomic mass is 9.90. The fraction of sp³-hybridized carbons (Fsp3) is 0.579. The highest BCUT2D eigenvalue weighted by Gasteiger charge is 2.19. The average molecular weight is 350 g/mol. The number of nitrogens with one attached hydrogen (secondary N) is 1. The first-order valence-electron chi connectivity index (χ1n) is 8.41. The summed E-state index contributed by atoms with van der Waals surface area (Å²) in [7, 11) is 0. The molecule has 116 valence electrons. The Morgan fingerprint density at radius 1 is 1.19 bits per heavy atom. The Hall–Kier alpha value is -0.600. The van der Waals surface area contributed by atoms with E-state index in [9.17, 15) is 0 Å². The number of rotatable bonds is 5. The lowest BCUT2D eigenvalue weighted by Crippen LogP contribution is -2.25. The van der Waals surface area contributed by atoms with Crippen molar-refractivity contribution in [3.63, 3.8) is 0 Å². The van der Waals surface area contributed by atoms with Crippen LogP contribution in [0.15, 0.2) is 34.3 Å². The summed E-state index contributed by atoms with van der Waals surface area (Å²) in [6, 6.07) is 7.00. The van der Waals surface area contributed by atoms with E-state index in [0.29, 0.717) is 6.04 Å². The molecule has 1 N–H and O–H groups in total. The third kappa shape index (κ3) is 4.69. The van der Waals surface area contributed by atoms with Gasteiger partial charge < -0.3 is 5.32 Å². The van der Waals surface area contributed by atoms with Crippen LogP contribution in [0.4, 0.5) is 0 Å². The predicted molar refractivity (Wildman–Crippen MR) is 95.7 cm³/mol. The van der Waals surface area contributed by atoms with Crippen molar-refractivity contribution in [3.05, 3.63) is 45.4 Å². The predicted octanol–water partition coefficient (Wildman–Crippen LogP) is 6.08. The fourth-order valence-corrected chi connectivity index (χ4v) is 3.59. The van der Waals surface area contributed by atoms with E-state index in [2.05, 4.69) is 59.4 Å². The molecule has 0 radical (unpaired) electrons. The largest absolute Gasteiger partial charge is 0.306 e. The minimum atomic E-state index is 0.373. The van der Waals surface area contributed by atoms with Crippen LogP contribution in [0.25, 0.3) is 0 Å². The van der Waals surface area contributed by atoms with Gasteiger partial charge in [-0.3, -0.25) is 0 Å². The Kier molecular flexibility index (Phi) is 6.98. The highest BCUT2D eigenvalue weighted by Crippen LogP contribution is 2.34. The molecule has 1 nitrogen and oxygen atoms in total. The van der Waals surface area contributed by atoms with Crippen LogP contribution >= 0.6 is 15.9 Å². The minimum absolute atomic E-state index is 0.373. The Morgan fingerprint density at radius 2 is 2.00 bits per heavy atom. The zero-order chi connectivity index (χ0) is 15.1. The molecule has 0 amide bonds. The van der Waals surface area contributed by atoms with Gasteiger partial charge in [-0.25, -0.2) is 0 Å². The molecule has 2 heteroatoms. The van der Waals surface area contributed by atoms with Crippen LogP contribution in [0.2, 0.25) is 0 Å². The molecule has 1 atom stereocenters. The molecule has 0 fully saturated rings. The lowest BCUT2D eigenvalue weighted by Gasteiger charge is -2.25. The molecular weight excluding hydrogens is 322 g/mol. The monoisotopic (exact) mass is 349 g/mol. The topological polar surface area (TPSA) is 12.0 Å². The summed E-state index contributed by atoms with van der Waals surface area (Å²) < 4.78 is 1.27. The van der Waals surface area contributed by atoms with Gasteiger partial charge in [0, 0.05) is 4.47 Å². The van der Waals surface area contributed by atoms with Gasteiger partial charge in [0.1, 0.15) is 0 Å². The van der Waals surface area contributed by atoms with Crippen LogP contribution in [0.1, 0.15) is 69.0 Å². The highest BCUT2D eigenvalue weighted by atomic mass is 79.9. The third-order valence-corrected chi connectivity index (χ3v) is 5.41. The Labute approximate surface area is 138 Å². The summed E-state index contributed by atoms with van der Waals surface area (Å²) >= 11 is 3.81. The number of halogens is 1. The molecule has 0 bridgehead atoms. The first-order valence-corrected chi connectivity index (χ1v) is 9.20. The molecule has 0 heterocycles. The molecule has 1 aromatic carbocycles. The van der Waals surface area contributed by atoms with Crippen molar-refractivity contribution in [2.45, 2.75) is 64.8 Å². The Bertz CT molecular complexity index is 478. The molecular formula is C19H28BrN. The average Bonchev–Trinajstić information content (AvgIpc) is 2.44. The van der Waals surface area contributed by atoms with Crippen molar-refractivity contribution in [2.75, 3.05) is 6.54 Å². The van der Waals surface area contributed by atoms with Crippen LogP contribution in [0.5, 0.6) is 0 Å². The smallest absolute Gasteiger partial charge is 0.0547 e. The van der Waals surface area contributed by atoms with E-state index in [4.69, 9.17) is 0 Å². The van der Waals surface area contributed by atoms with Crippen LogP contribution in [0.3, 0.4) is 0 Å². The normalized spacial score (nSPS) is 20.2. The van der Waals surface area contributed by atoms with Crippen molar-refractivity contribution in [3.8, 4) is 0 Å². The van der Waals surface area contributed by atoms with Crippen molar-refractivity contribution >= 4 is 15.9 Å². The van der Waals surface area contributed by atoms with Crippen molar-refractivity contribution < 1.29 is 0 Å². The summed E-state index contributed by atoms with van der Waals surface area (Å²) in [5.41, 5.74) is 4.31. The molecule has 0 aromatic heterocycles. The molecule has 0 saturated heterocycles. The number of hydrogen-bond donors (Lipinski definition) is 1.